The van der Waals surface area contributed by atoms with Crippen LogP contribution in [-0.4, -0.2) is 19.8 Å². The molecule has 2 rings (SSSR count). The predicted octanol–water partition coefficient (Wildman–Crippen LogP) is 2.39. The lowest BCUT2D eigenvalue weighted by atomic mass is 10.5. The highest BCUT2D eigenvalue weighted by atomic mass is 32.1. The van der Waals surface area contributed by atoms with Crippen LogP contribution >= 0.6 is 22.7 Å². The fourth-order valence-electron chi connectivity index (χ4n) is 1.10. The number of nitrogens with zero attached hydrogens (tertiary/aromatic N) is 4. The zero-order valence-electron chi connectivity index (χ0n) is 8.32. The van der Waals surface area contributed by atoms with Crippen molar-refractivity contribution in [1.82, 2.24) is 9.97 Å². The van der Waals surface area contributed by atoms with Crippen molar-refractivity contribution in [2.75, 3.05) is 0 Å². The van der Waals surface area contributed by atoms with Gasteiger partial charge in [0.25, 0.3) is 0 Å². The van der Waals surface area contributed by atoms with E-state index >= 15 is 0 Å². The fourth-order valence-corrected chi connectivity index (χ4v) is 2.74. The molecule has 0 unspecified atom stereocenters. The van der Waals surface area contributed by atoms with Gasteiger partial charge in [-0.25, -0.2) is 9.97 Å². The van der Waals surface area contributed by atoms with E-state index in [4.69, 9.17) is 0 Å². The second-order valence-corrected chi connectivity index (χ2v) is 4.91. The summed E-state index contributed by atoms with van der Waals surface area (Å²) in [5.74, 6) is 0. The molecule has 0 radical (unpaired) electrons. The molecule has 88 valence electrons. The van der Waals surface area contributed by atoms with E-state index in [9.17, 15) is 20.2 Å². The molecule has 0 saturated heterocycles. The molecule has 2 aromatic rings. The summed E-state index contributed by atoms with van der Waals surface area (Å²) in [4.78, 5) is 27.8. The van der Waals surface area contributed by atoms with Gasteiger partial charge in [0.1, 0.15) is 11.9 Å². The topological polar surface area (TPSA) is 112 Å². The molecule has 0 saturated carbocycles. The van der Waals surface area contributed by atoms with E-state index in [1.165, 1.54) is 6.92 Å². The molecule has 0 amide bonds. The standard InChI is InChI=1S/C7H4N4O4S2/c1-3-7(11(14)15)17-6(9-3)5-8-2-4(16-5)10(12)13/h2H,1H3. The molecule has 0 spiro atoms. The Labute approximate surface area is 102 Å². The van der Waals surface area contributed by atoms with Crippen LogP contribution in [0.15, 0.2) is 6.20 Å². The molecule has 0 aliphatic rings. The third-order valence-electron chi connectivity index (χ3n) is 1.79. The molecular formula is C7H4N4O4S2. The SMILES string of the molecule is Cc1nc(-c2ncc([N+](=O)[O-])s2)sc1[N+](=O)[O-]. The summed E-state index contributed by atoms with van der Waals surface area (Å²) in [6, 6.07) is 0. The smallest absolute Gasteiger partial charge is 0.257 e. The molecular weight excluding hydrogens is 268 g/mol. The summed E-state index contributed by atoms with van der Waals surface area (Å²) in [7, 11) is 0. The molecule has 2 aromatic heterocycles. The van der Waals surface area contributed by atoms with Gasteiger partial charge in [-0.2, -0.15) is 0 Å². The average molecular weight is 272 g/mol. The Morgan fingerprint density at radius 2 is 1.88 bits per heavy atom. The maximum atomic E-state index is 10.6. The van der Waals surface area contributed by atoms with E-state index in [2.05, 4.69) is 9.97 Å². The highest BCUT2D eigenvalue weighted by Gasteiger charge is 2.22. The van der Waals surface area contributed by atoms with Gasteiger partial charge in [0.15, 0.2) is 10.0 Å². The Balaban J connectivity index is 2.42. The summed E-state index contributed by atoms with van der Waals surface area (Å²) in [5.41, 5.74) is 0.285. The lowest BCUT2D eigenvalue weighted by molar-refractivity contribution is -0.380. The van der Waals surface area contributed by atoms with Gasteiger partial charge in [0.2, 0.25) is 0 Å². The summed E-state index contributed by atoms with van der Waals surface area (Å²) in [6.45, 7) is 1.51. The number of nitro groups is 2. The summed E-state index contributed by atoms with van der Waals surface area (Å²) in [5, 5.41) is 21.6. The number of aryl methyl sites for hydroxylation is 1. The van der Waals surface area contributed by atoms with Crippen LogP contribution in [0.25, 0.3) is 10.0 Å². The molecule has 0 atom stereocenters. The highest BCUT2D eigenvalue weighted by molar-refractivity contribution is 7.24. The van der Waals surface area contributed by atoms with Gasteiger partial charge in [0.05, 0.1) is 9.85 Å². The van der Waals surface area contributed by atoms with E-state index in [1.807, 2.05) is 0 Å². The first-order valence-corrected chi connectivity index (χ1v) is 5.84. The van der Waals surface area contributed by atoms with Gasteiger partial charge in [-0.05, 0) is 29.6 Å². The summed E-state index contributed by atoms with van der Waals surface area (Å²) < 4.78 is 0. The van der Waals surface area contributed by atoms with Gasteiger partial charge < -0.3 is 0 Å². The lowest BCUT2D eigenvalue weighted by Gasteiger charge is -1.82. The van der Waals surface area contributed by atoms with Crippen molar-refractivity contribution in [2.45, 2.75) is 6.92 Å². The van der Waals surface area contributed by atoms with Gasteiger partial charge in [-0.3, -0.25) is 20.2 Å². The maximum absolute atomic E-state index is 10.6. The maximum Gasteiger partial charge on any atom is 0.347 e. The van der Waals surface area contributed by atoms with Crippen molar-refractivity contribution in [2.24, 2.45) is 0 Å². The normalized spacial score (nSPS) is 10.4. The number of hydrogen-bond acceptors (Lipinski definition) is 8. The van der Waals surface area contributed by atoms with Crippen LogP contribution < -0.4 is 0 Å². The van der Waals surface area contributed by atoms with E-state index in [0.29, 0.717) is 10.0 Å². The molecule has 10 heteroatoms. The quantitative estimate of drug-likeness (QED) is 0.626. The Hall–Kier alpha value is -1.94. The first-order valence-electron chi connectivity index (χ1n) is 4.21. The molecule has 2 heterocycles. The molecule has 0 N–H and O–H groups in total. The van der Waals surface area contributed by atoms with Gasteiger partial charge in [-0.15, -0.1) is 0 Å². The largest absolute Gasteiger partial charge is 0.347 e. The number of rotatable bonds is 3. The number of thiazole rings is 2. The van der Waals surface area contributed by atoms with Crippen molar-refractivity contribution in [3.05, 3.63) is 32.1 Å². The number of hydrogen-bond donors (Lipinski definition) is 0. The Morgan fingerprint density at radius 3 is 2.35 bits per heavy atom. The molecule has 8 nitrogen and oxygen atoms in total. The zero-order chi connectivity index (χ0) is 12.6. The van der Waals surface area contributed by atoms with E-state index in [-0.39, 0.29) is 15.7 Å². The average Bonchev–Trinajstić information content (AvgIpc) is 2.82. The number of aromatic nitrogens is 2. The van der Waals surface area contributed by atoms with Crippen LogP contribution in [0.1, 0.15) is 5.69 Å². The molecule has 0 aliphatic carbocycles. The summed E-state index contributed by atoms with van der Waals surface area (Å²) in [6.07, 6.45) is 1.11. The summed E-state index contributed by atoms with van der Waals surface area (Å²) >= 11 is 1.70. The second kappa shape index (κ2) is 4.14. The van der Waals surface area contributed by atoms with Crippen molar-refractivity contribution in [3.63, 3.8) is 0 Å². The van der Waals surface area contributed by atoms with Gasteiger partial charge in [-0.1, -0.05) is 0 Å². The van der Waals surface area contributed by atoms with Crippen molar-refractivity contribution >= 4 is 32.7 Å². The molecule has 0 aromatic carbocycles. The van der Waals surface area contributed by atoms with Crippen LogP contribution in [0.2, 0.25) is 0 Å². The van der Waals surface area contributed by atoms with Crippen molar-refractivity contribution in [1.29, 1.82) is 0 Å². The molecule has 0 bridgehead atoms. The molecule has 0 aliphatic heterocycles. The third kappa shape index (κ3) is 2.12. The Morgan fingerprint density at radius 1 is 1.18 bits per heavy atom. The zero-order valence-corrected chi connectivity index (χ0v) is 9.95. The molecule has 0 fully saturated rings. The van der Waals surface area contributed by atoms with Crippen LogP contribution in [0, 0.1) is 27.2 Å². The first kappa shape index (κ1) is 11.5. The minimum absolute atomic E-state index is 0.0714. The fraction of sp³-hybridized carbons (Fsp3) is 0.143. The third-order valence-corrected chi connectivity index (χ3v) is 4.00. The molecule has 17 heavy (non-hydrogen) atoms. The van der Waals surface area contributed by atoms with Gasteiger partial charge >= 0.3 is 10.0 Å². The first-order chi connectivity index (χ1) is 7.99. The van der Waals surface area contributed by atoms with Crippen molar-refractivity contribution in [3.8, 4) is 10.0 Å². The highest BCUT2D eigenvalue weighted by Crippen LogP contribution is 2.36. The Bertz CT molecular complexity index is 605. The Kier molecular flexibility index (Phi) is 2.81. The van der Waals surface area contributed by atoms with Crippen LogP contribution in [0.4, 0.5) is 10.0 Å². The van der Waals surface area contributed by atoms with Gasteiger partial charge in [0, 0.05) is 0 Å². The predicted molar refractivity (Wildman–Crippen MR) is 61.3 cm³/mol. The minimum Gasteiger partial charge on any atom is -0.257 e. The van der Waals surface area contributed by atoms with E-state index in [1.54, 1.807) is 0 Å². The van der Waals surface area contributed by atoms with Crippen LogP contribution in [0.5, 0.6) is 0 Å². The van der Waals surface area contributed by atoms with Crippen LogP contribution in [0.3, 0.4) is 0 Å². The minimum atomic E-state index is -0.559. The van der Waals surface area contributed by atoms with Crippen molar-refractivity contribution < 1.29 is 9.85 Å². The van der Waals surface area contributed by atoms with Crippen LogP contribution in [-0.2, 0) is 0 Å². The van der Waals surface area contributed by atoms with E-state index in [0.717, 1.165) is 28.9 Å². The van der Waals surface area contributed by atoms with E-state index < -0.39 is 9.85 Å². The monoisotopic (exact) mass is 272 g/mol. The second-order valence-electron chi connectivity index (χ2n) is 2.93. The lowest BCUT2D eigenvalue weighted by Crippen LogP contribution is -1.85.